The molecule has 0 saturated heterocycles. The predicted octanol–water partition coefficient (Wildman–Crippen LogP) is 4.19. The first-order valence-corrected chi connectivity index (χ1v) is 6.03. The summed E-state index contributed by atoms with van der Waals surface area (Å²) in [6.07, 6.45) is 9.33. The van der Waals surface area contributed by atoms with Crippen LogP contribution in [0.1, 0.15) is 52.4 Å². The molecular weight excluding hydrogens is 172 g/mol. The van der Waals surface area contributed by atoms with Crippen LogP contribution in [0.15, 0.2) is 12.7 Å². The summed E-state index contributed by atoms with van der Waals surface area (Å²) in [5.41, 5.74) is 0. The van der Waals surface area contributed by atoms with E-state index in [1.54, 1.807) is 0 Å². The highest BCUT2D eigenvalue weighted by molar-refractivity contribution is 4.65. The van der Waals surface area contributed by atoms with Crippen molar-refractivity contribution in [2.75, 3.05) is 13.2 Å². The fourth-order valence-corrected chi connectivity index (χ4v) is 1.56. The van der Waals surface area contributed by atoms with Crippen molar-refractivity contribution in [2.24, 2.45) is 5.92 Å². The molecule has 0 aliphatic carbocycles. The second-order valence-electron chi connectivity index (χ2n) is 3.92. The summed E-state index contributed by atoms with van der Waals surface area (Å²) in [6.45, 7) is 10.1. The molecule has 0 aromatic heterocycles. The summed E-state index contributed by atoms with van der Waals surface area (Å²) >= 11 is 0. The quantitative estimate of drug-likeness (QED) is 0.378. The number of ether oxygens (including phenoxy) is 1. The lowest BCUT2D eigenvalue weighted by molar-refractivity contribution is 0.0918. The molecule has 0 rings (SSSR count). The first-order chi connectivity index (χ1) is 6.85. The van der Waals surface area contributed by atoms with Gasteiger partial charge in [-0.05, 0) is 31.6 Å². The predicted molar refractivity (Wildman–Crippen MR) is 63.6 cm³/mol. The van der Waals surface area contributed by atoms with E-state index in [4.69, 9.17) is 4.74 Å². The third-order valence-corrected chi connectivity index (χ3v) is 2.57. The largest absolute Gasteiger partial charge is 0.381 e. The standard InChI is InChI=1S/C13H26O/c1-4-7-8-9-11-14-12-13(6-3)10-5-2/h4,13H,1,5-12H2,2-3H3. The third kappa shape index (κ3) is 8.31. The zero-order valence-corrected chi connectivity index (χ0v) is 9.93. The van der Waals surface area contributed by atoms with Crippen LogP contribution in [0.2, 0.25) is 0 Å². The second kappa shape index (κ2) is 10.8. The Balaban J connectivity index is 3.19. The molecule has 1 atom stereocenters. The van der Waals surface area contributed by atoms with Gasteiger partial charge in [-0.25, -0.2) is 0 Å². The molecule has 0 aliphatic rings. The Morgan fingerprint density at radius 1 is 1.29 bits per heavy atom. The van der Waals surface area contributed by atoms with E-state index < -0.39 is 0 Å². The Hall–Kier alpha value is -0.300. The molecule has 0 saturated carbocycles. The molecule has 0 fully saturated rings. The van der Waals surface area contributed by atoms with Crippen LogP contribution in [0.25, 0.3) is 0 Å². The molecular formula is C13H26O. The SMILES string of the molecule is C=CCCCCOCC(CC)CCC. The van der Waals surface area contributed by atoms with Gasteiger partial charge in [-0.2, -0.15) is 0 Å². The number of hydrogen-bond acceptors (Lipinski definition) is 1. The normalized spacial score (nSPS) is 12.7. The molecule has 0 N–H and O–H groups in total. The highest BCUT2D eigenvalue weighted by Crippen LogP contribution is 2.11. The van der Waals surface area contributed by atoms with E-state index in [1.807, 2.05) is 6.08 Å². The van der Waals surface area contributed by atoms with Gasteiger partial charge in [0.05, 0.1) is 0 Å². The Morgan fingerprint density at radius 3 is 2.64 bits per heavy atom. The molecule has 0 radical (unpaired) electrons. The topological polar surface area (TPSA) is 9.23 Å². The van der Waals surface area contributed by atoms with Gasteiger partial charge in [0.1, 0.15) is 0 Å². The molecule has 0 heterocycles. The van der Waals surface area contributed by atoms with Crippen molar-refractivity contribution in [3.8, 4) is 0 Å². The monoisotopic (exact) mass is 198 g/mol. The van der Waals surface area contributed by atoms with Gasteiger partial charge in [0, 0.05) is 13.2 Å². The number of unbranched alkanes of at least 4 members (excludes halogenated alkanes) is 2. The van der Waals surface area contributed by atoms with Crippen molar-refractivity contribution >= 4 is 0 Å². The van der Waals surface area contributed by atoms with E-state index in [0.29, 0.717) is 0 Å². The molecule has 1 heteroatoms. The van der Waals surface area contributed by atoms with Crippen LogP contribution in [0.4, 0.5) is 0 Å². The van der Waals surface area contributed by atoms with Crippen LogP contribution in [-0.4, -0.2) is 13.2 Å². The Bertz CT molecular complexity index is 120. The molecule has 0 aromatic rings. The third-order valence-electron chi connectivity index (χ3n) is 2.57. The summed E-state index contributed by atoms with van der Waals surface area (Å²) < 4.78 is 5.65. The first-order valence-electron chi connectivity index (χ1n) is 6.03. The number of rotatable bonds is 10. The van der Waals surface area contributed by atoms with Crippen LogP contribution in [0.3, 0.4) is 0 Å². The van der Waals surface area contributed by atoms with Crippen molar-refractivity contribution in [3.05, 3.63) is 12.7 Å². The number of allylic oxidation sites excluding steroid dienone is 1. The summed E-state index contributed by atoms with van der Waals surface area (Å²) in [5, 5.41) is 0. The van der Waals surface area contributed by atoms with E-state index in [2.05, 4.69) is 20.4 Å². The fourth-order valence-electron chi connectivity index (χ4n) is 1.56. The summed E-state index contributed by atoms with van der Waals surface area (Å²) in [5.74, 6) is 0.777. The highest BCUT2D eigenvalue weighted by Gasteiger charge is 2.04. The lowest BCUT2D eigenvalue weighted by Gasteiger charge is -2.13. The van der Waals surface area contributed by atoms with E-state index >= 15 is 0 Å². The van der Waals surface area contributed by atoms with Gasteiger partial charge >= 0.3 is 0 Å². The van der Waals surface area contributed by atoms with Crippen LogP contribution in [0, 0.1) is 5.92 Å². The highest BCUT2D eigenvalue weighted by atomic mass is 16.5. The van der Waals surface area contributed by atoms with Crippen LogP contribution in [-0.2, 0) is 4.74 Å². The minimum absolute atomic E-state index is 0.777. The van der Waals surface area contributed by atoms with E-state index in [9.17, 15) is 0 Å². The van der Waals surface area contributed by atoms with Gasteiger partial charge in [-0.15, -0.1) is 6.58 Å². The number of hydrogen-bond donors (Lipinski definition) is 0. The minimum atomic E-state index is 0.777. The zero-order chi connectivity index (χ0) is 10.6. The van der Waals surface area contributed by atoms with Gasteiger partial charge in [0.2, 0.25) is 0 Å². The Morgan fingerprint density at radius 2 is 2.07 bits per heavy atom. The lowest BCUT2D eigenvalue weighted by Crippen LogP contribution is -2.09. The van der Waals surface area contributed by atoms with E-state index in [-0.39, 0.29) is 0 Å². The minimum Gasteiger partial charge on any atom is -0.381 e. The lowest BCUT2D eigenvalue weighted by atomic mass is 10.0. The molecule has 14 heavy (non-hydrogen) atoms. The molecule has 0 aromatic carbocycles. The maximum Gasteiger partial charge on any atom is 0.0494 e. The van der Waals surface area contributed by atoms with Crippen LogP contribution in [0.5, 0.6) is 0 Å². The molecule has 1 nitrogen and oxygen atoms in total. The summed E-state index contributed by atoms with van der Waals surface area (Å²) in [6, 6.07) is 0. The second-order valence-corrected chi connectivity index (χ2v) is 3.92. The van der Waals surface area contributed by atoms with Crippen molar-refractivity contribution in [3.63, 3.8) is 0 Å². The van der Waals surface area contributed by atoms with Gasteiger partial charge in [-0.1, -0.05) is 32.8 Å². The van der Waals surface area contributed by atoms with Gasteiger partial charge in [0.25, 0.3) is 0 Å². The smallest absolute Gasteiger partial charge is 0.0494 e. The van der Waals surface area contributed by atoms with E-state index in [1.165, 1.54) is 32.1 Å². The molecule has 84 valence electrons. The van der Waals surface area contributed by atoms with Gasteiger partial charge < -0.3 is 4.74 Å². The van der Waals surface area contributed by atoms with Crippen molar-refractivity contribution in [2.45, 2.75) is 52.4 Å². The van der Waals surface area contributed by atoms with Crippen molar-refractivity contribution < 1.29 is 4.74 Å². The van der Waals surface area contributed by atoms with Crippen molar-refractivity contribution in [1.29, 1.82) is 0 Å². The Kier molecular flexibility index (Phi) is 10.5. The molecule has 1 unspecified atom stereocenters. The maximum atomic E-state index is 5.65. The van der Waals surface area contributed by atoms with E-state index in [0.717, 1.165) is 25.6 Å². The average molecular weight is 198 g/mol. The fraction of sp³-hybridized carbons (Fsp3) is 0.846. The molecule has 0 bridgehead atoms. The van der Waals surface area contributed by atoms with Crippen LogP contribution >= 0.6 is 0 Å². The molecule has 0 aliphatic heterocycles. The van der Waals surface area contributed by atoms with Gasteiger partial charge in [-0.3, -0.25) is 0 Å². The Labute approximate surface area is 89.5 Å². The van der Waals surface area contributed by atoms with Crippen LogP contribution < -0.4 is 0 Å². The first kappa shape index (κ1) is 13.7. The summed E-state index contributed by atoms with van der Waals surface area (Å²) in [4.78, 5) is 0. The average Bonchev–Trinajstić information content (AvgIpc) is 2.21. The van der Waals surface area contributed by atoms with Gasteiger partial charge in [0.15, 0.2) is 0 Å². The van der Waals surface area contributed by atoms with Crippen molar-refractivity contribution in [1.82, 2.24) is 0 Å². The zero-order valence-electron chi connectivity index (χ0n) is 9.93. The molecule has 0 amide bonds. The maximum absolute atomic E-state index is 5.65. The summed E-state index contributed by atoms with van der Waals surface area (Å²) in [7, 11) is 0. The molecule has 0 spiro atoms.